The lowest BCUT2D eigenvalue weighted by molar-refractivity contribution is -0.122. The fraction of sp³-hybridized carbons (Fsp3) is 0.529. The molecule has 2 rings (SSSR count). The molecule has 1 aliphatic rings. The summed E-state index contributed by atoms with van der Waals surface area (Å²) < 4.78 is 31.6. The summed E-state index contributed by atoms with van der Waals surface area (Å²) in [4.78, 5) is 23.4. The maximum absolute atomic E-state index is 13.7. The van der Waals surface area contributed by atoms with E-state index in [1.807, 2.05) is 0 Å². The van der Waals surface area contributed by atoms with Crippen LogP contribution in [-0.2, 0) is 9.53 Å². The van der Waals surface area contributed by atoms with Gasteiger partial charge in [-0.2, -0.15) is 0 Å². The Balaban J connectivity index is 1.70. The molecule has 0 radical (unpaired) electrons. The quantitative estimate of drug-likeness (QED) is 0.810. The molecule has 132 valence electrons. The van der Waals surface area contributed by atoms with E-state index in [4.69, 9.17) is 4.74 Å². The summed E-state index contributed by atoms with van der Waals surface area (Å²) in [5.74, 6) is -1.99. The summed E-state index contributed by atoms with van der Waals surface area (Å²) in [7, 11) is 0. The van der Waals surface area contributed by atoms with Crippen LogP contribution in [0.2, 0.25) is 0 Å². The first kappa shape index (κ1) is 18.2. The van der Waals surface area contributed by atoms with Gasteiger partial charge in [0, 0.05) is 25.1 Å². The topological polar surface area (TPSA) is 67.4 Å². The van der Waals surface area contributed by atoms with Gasteiger partial charge in [0.25, 0.3) is 0 Å². The Bertz CT molecular complexity index is 629. The summed E-state index contributed by atoms with van der Waals surface area (Å²) >= 11 is 0. The molecule has 2 amide bonds. The lowest BCUT2D eigenvalue weighted by Gasteiger charge is -2.19. The minimum absolute atomic E-state index is 0.199. The summed E-state index contributed by atoms with van der Waals surface area (Å²) in [5, 5.41) is 5.22. The summed E-state index contributed by atoms with van der Waals surface area (Å²) in [5.41, 5.74) is -0.211. The van der Waals surface area contributed by atoms with E-state index in [-0.39, 0.29) is 30.8 Å². The monoisotopic (exact) mass is 340 g/mol. The van der Waals surface area contributed by atoms with Crippen molar-refractivity contribution in [2.75, 3.05) is 13.1 Å². The molecule has 0 aliphatic heterocycles. The molecule has 1 fully saturated rings. The average Bonchev–Trinajstić information content (AvgIpc) is 3.21. The van der Waals surface area contributed by atoms with Crippen molar-refractivity contribution in [2.24, 2.45) is 5.92 Å². The summed E-state index contributed by atoms with van der Waals surface area (Å²) in [6.45, 7) is 5.78. The zero-order valence-corrected chi connectivity index (χ0v) is 14.0. The van der Waals surface area contributed by atoms with Gasteiger partial charge in [0.2, 0.25) is 5.91 Å². The van der Waals surface area contributed by atoms with Gasteiger partial charge in [-0.05, 0) is 44.7 Å². The Morgan fingerprint density at radius 1 is 1.21 bits per heavy atom. The van der Waals surface area contributed by atoms with Crippen molar-refractivity contribution in [1.29, 1.82) is 0 Å². The molecule has 1 aliphatic carbocycles. The van der Waals surface area contributed by atoms with Crippen molar-refractivity contribution < 1.29 is 23.1 Å². The van der Waals surface area contributed by atoms with E-state index in [1.54, 1.807) is 20.8 Å². The van der Waals surface area contributed by atoms with Crippen LogP contribution in [0, 0.1) is 17.6 Å². The zero-order chi connectivity index (χ0) is 17.9. The Morgan fingerprint density at radius 3 is 2.50 bits per heavy atom. The number of ether oxygens (including phenoxy) is 1. The lowest BCUT2D eigenvalue weighted by atomic mass is 10.1. The highest BCUT2D eigenvalue weighted by Crippen LogP contribution is 2.48. The Labute approximate surface area is 139 Å². The van der Waals surface area contributed by atoms with E-state index in [0.29, 0.717) is 12.0 Å². The van der Waals surface area contributed by atoms with Crippen LogP contribution in [0.1, 0.15) is 38.7 Å². The fourth-order valence-corrected chi connectivity index (χ4v) is 2.43. The van der Waals surface area contributed by atoms with Gasteiger partial charge in [0.05, 0.1) is 0 Å². The lowest BCUT2D eigenvalue weighted by Crippen LogP contribution is -2.38. The van der Waals surface area contributed by atoms with E-state index in [2.05, 4.69) is 10.6 Å². The molecule has 0 unspecified atom stereocenters. The second-order valence-corrected chi connectivity index (χ2v) is 6.83. The molecule has 2 atom stereocenters. The third-order valence-corrected chi connectivity index (χ3v) is 3.58. The van der Waals surface area contributed by atoms with Crippen LogP contribution in [0.15, 0.2) is 18.2 Å². The van der Waals surface area contributed by atoms with Crippen LogP contribution < -0.4 is 10.6 Å². The Kier molecular flexibility index (Phi) is 5.41. The number of nitrogens with one attached hydrogen (secondary N) is 2. The number of carbonyl (C=O) groups excluding carboxylic acids is 2. The predicted octanol–water partition coefficient (Wildman–Crippen LogP) is 2.71. The van der Waals surface area contributed by atoms with Crippen molar-refractivity contribution >= 4 is 12.0 Å². The Morgan fingerprint density at radius 2 is 1.88 bits per heavy atom. The standard InChI is InChI=1S/C17H22F2N2O3/c1-17(2,3)24-16(23)21-7-6-20-15(22)13-9-12(13)11-5-4-10(18)8-14(11)19/h4-5,8,12-13H,6-7,9H2,1-3H3,(H,20,22)(H,21,23)/t12-,13-/m0/s1. The fourth-order valence-electron chi connectivity index (χ4n) is 2.43. The first-order valence-electron chi connectivity index (χ1n) is 7.87. The molecule has 0 saturated heterocycles. The number of hydrogen-bond donors (Lipinski definition) is 2. The third kappa shape index (κ3) is 5.18. The maximum atomic E-state index is 13.7. The molecule has 5 nitrogen and oxygen atoms in total. The average molecular weight is 340 g/mol. The van der Waals surface area contributed by atoms with Gasteiger partial charge >= 0.3 is 6.09 Å². The zero-order valence-electron chi connectivity index (χ0n) is 14.0. The van der Waals surface area contributed by atoms with Crippen LogP contribution in [0.3, 0.4) is 0 Å². The SMILES string of the molecule is CC(C)(C)OC(=O)NCCNC(=O)[C@H]1C[C@H]1c1ccc(F)cc1F. The number of benzene rings is 1. The normalized spacial score (nSPS) is 19.5. The van der Waals surface area contributed by atoms with Crippen LogP contribution in [0.5, 0.6) is 0 Å². The van der Waals surface area contributed by atoms with E-state index in [0.717, 1.165) is 6.07 Å². The van der Waals surface area contributed by atoms with E-state index in [9.17, 15) is 18.4 Å². The second kappa shape index (κ2) is 7.15. The van der Waals surface area contributed by atoms with E-state index in [1.165, 1.54) is 12.1 Å². The molecule has 2 N–H and O–H groups in total. The smallest absolute Gasteiger partial charge is 0.407 e. The molecular weight excluding hydrogens is 318 g/mol. The highest BCUT2D eigenvalue weighted by molar-refractivity contribution is 5.83. The molecule has 24 heavy (non-hydrogen) atoms. The van der Waals surface area contributed by atoms with Gasteiger partial charge in [-0.15, -0.1) is 0 Å². The van der Waals surface area contributed by atoms with E-state index < -0.39 is 23.3 Å². The molecule has 0 aromatic heterocycles. The highest BCUT2D eigenvalue weighted by Gasteiger charge is 2.45. The molecule has 1 saturated carbocycles. The summed E-state index contributed by atoms with van der Waals surface area (Å²) in [6, 6.07) is 3.40. The third-order valence-electron chi connectivity index (χ3n) is 3.58. The number of halogens is 2. The number of hydrogen-bond acceptors (Lipinski definition) is 3. The van der Waals surface area contributed by atoms with Crippen molar-refractivity contribution in [2.45, 2.75) is 38.7 Å². The molecule has 0 spiro atoms. The predicted molar refractivity (Wildman–Crippen MR) is 84.5 cm³/mol. The molecular formula is C17H22F2N2O3. The van der Waals surface area contributed by atoms with Crippen molar-refractivity contribution in [3.05, 3.63) is 35.4 Å². The minimum Gasteiger partial charge on any atom is -0.444 e. The number of amides is 2. The van der Waals surface area contributed by atoms with Gasteiger partial charge < -0.3 is 15.4 Å². The van der Waals surface area contributed by atoms with E-state index >= 15 is 0 Å². The molecule has 0 heterocycles. The number of carbonyl (C=O) groups is 2. The van der Waals surface area contributed by atoms with Crippen LogP contribution in [0.25, 0.3) is 0 Å². The van der Waals surface area contributed by atoms with Crippen molar-refractivity contribution in [3.8, 4) is 0 Å². The van der Waals surface area contributed by atoms with Gasteiger partial charge in [-0.1, -0.05) is 6.07 Å². The first-order valence-corrected chi connectivity index (χ1v) is 7.87. The Hall–Kier alpha value is -2.18. The summed E-state index contributed by atoms with van der Waals surface area (Å²) in [6.07, 6.45) is -0.0112. The van der Waals surface area contributed by atoms with Crippen LogP contribution in [-0.4, -0.2) is 30.7 Å². The van der Waals surface area contributed by atoms with Gasteiger partial charge in [-0.25, -0.2) is 13.6 Å². The second-order valence-electron chi connectivity index (χ2n) is 6.83. The molecule has 1 aromatic carbocycles. The van der Waals surface area contributed by atoms with Crippen molar-refractivity contribution in [1.82, 2.24) is 10.6 Å². The highest BCUT2D eigenvalue weighted by atomic mass is 19.1. The molecule has 0 bridgehead atoms. The number of rotatable bonds is 5. The first-order chi connectivity index (χ1) is 11.2. The van der Waals surface area contributed by atoms with Gasteiger partial charge in [-0.3, -0.25) is 4.79 Å². The van der Waals surface area contributed by atoms with Gasteiger partial charge in [0.1, 0.15) is 17.2 Å². The van der Waals surface area contributed by atoms with Crippen LogP contribution >= 0.6 is 0 Å². The number of alkyl carbamates (subject to hydrolysis) is 1. The van der Waals surface area contributed by atoms with Crippen LogP contribution in [0.4, 0.5) is 13.6 Å². The minimum atomic E-state index is -0.633. The molecule has 1 aromatic rings. The van der Waals surface area contributed by atoms with Crippen molar-refractivity contribution in [3.63, 3.8) is 0 Å². The van der Waals surface area contributed by atoms with Gasteiger partial charge in [0.15, 0.2) is 0 Å². The largest absolute Gasteiger partial charge is 0.444 e. The maximum Gasteiger partial charge on any atom is 0.407 e. The molecule has 7 heteroatoms.